The van der Waals surface area contributed by atoms with E-state index < -0.39 is 11.6 Å². The van der Waals surface area contributed by atoms with Crippen molar-refractivity contribution in [3.8, 4) is 5.75 Å². The Balaban J connectivity index is 2.08. The van der Waals surface area contributed by atoms with Gasteiger partial charge in [-0.15, -0.1) is 0 Å². The van der Waals surface area contributed by atoms with Gasteiger partial charge in [0.25, 0.3) is 0 Å². The van der Waals surface area contributed by atoms with Crippen molar-refractivity contribution in [2.75, 3.05) is 0 Å². The molecule has 2 rings (SSSR count). The quantitative estimate of drug-likeness (QED) is 0.906. The predicted molar refractivity (Wildman–Crippen MR) is 62.8 cm³/mol. The van der Waals surface area contributed by atoms with E-state index in [1.165, 1.54) is 24.4 Å². The van der Waals surface area contributed by atoms with Crippen LogP contribution in [0.2, 0.25) is 0 Å². The fourth-order valence-electron chi connectivity index (χ4n) is 1.52. The largest absolute Gasteiger partial charge is 0.489 e. The minimum atomic E-state index is -0.432. The summed E-state index contributed by atoms with van der Waals surface area (Å²) in [6.45, 7) is 0.355. The normalized spacial score (nSPS) is 10.4. The second-order valence-corrected chi connectivity index (χ2v) is 3.80. The second-order valence-electron chi connectivity index (χ2n) is 3.80. The maximum Gasteiger partial charge on any atom is 0.141 e. The topological polar surface area (TPSA) is 48.1 Å². The summed E-state index contributed by atoms with van der Waals surface area (Å²) in [7, 11) is 0. The second kappa shape index (κ2) is 5.55. The first-order chi connectivity index (χ1) is 8.67. The third kappa shape index (κ3) is 3.24. The van der Waals surface area contributed by atoms with E-state index in [0.29, 0.717) is 16.9 Å². The molecule has 0 radical (unpaired) electrons. The zero-order valence-electron chi connectivity index (χ0n) is 9.57. The third-order valence-corrected chi connectivity index (χ3v) is 2.33. The van der Waals surface area contributed by atoms with Crippen LogP contribution >= 0.6 is 0 Å². The highest BCUT2D eigenvalue weighted by Gasteiger charge is 2.02. The SMILES string of the molecule is NCc1cc(F)cc(OCc2cncc(F)c2)c1. The molecule has 0 aliphatic carbocycles. The van der Waals surface area contributed by atoms with Crippen molar-refractivity contribution >= 4 is 0 Å². The first kappa shape index (κ1) is 12.4. The van der Waals surface area contributed by atoms with Gasteiger partial charge in [-0.2, -0.15) is 0 Å². The highest BCUT2D eigenvalue weighted by Crippen LogP contribution is 2.17. The molecule has 18 heavy (non-hydrogen) atoms. The number of benzene rings is 1. The van der Waals surface area contributed by atoms with Crippen molar-refractivity contribution in [3.05, 3.63) is 59.4 Å². The molecule has 0 bridgehead atoms. The van der Waals surface area contributed by atoms with Crippen LogP contribution < -0.4 is 10.5 Å². The van der Waals surface area contributed by atoms with E-state index in [-0.39, 0.29) is 13.2 Å². The Morgan fingerprint density at radius 3 is 2.50 bits per heavy atom. The zero-order valence-corrected chi connectivity index (χ0v) is 9.57. The maximum absolute atomic E-state index is 13.2. The molecule has 0 fully saturated rings. The van der Waals surface area contributed by atoms with E-state index >= 15 is 0 Å². The minimum Gasteiger partial charge on any atom is -0.489 e. The molecule has 0 saturated heterocycles. The summed E-state index contributed by atoms with van der Waals surface area (Å²) >= 11 is 0. The van der Waals surface area contributed by atoms with Crippen LogP contribution in [0.4, 0.5) is 8.78 Å². The smallest absolute Gasteiger partial charge is 0.141 e. The number of nitrogens with zero attached hydrogens (tertiary/aromatic N) is 1. The van der Waals surface area contributed by atoms with Crippen LogP contribution in [0.1, 0.15) is 11.1 Å². The molecule has 2 aromatic rings. The van der Waals surface area contributed by atoms with Gasteiger partial charge in [0.2, 0.25) is 0 Å². The van der Waals surface area contributed by atoms with Gasteiger partial charge in [-0.1, -0.05) is 0 Å². The van der Waals surface area contributed by atoms with Crippen molar-refractivity contribution in [3.63, 3.8) is 0 Å². The molecular formula is C13H12F2N2O. The molecule has 0 unspecified atom stereocenters. The fourth-order valence-corrected chi connectivity index (χ4v) is 1.52. The number of hydrogen-bond acceptors (Lipinski definition) is 3. The monoisotopic (exact) mass is 250 g/mol. The summed E-state index contributed by atoms with van der Waals surface area (Å²) in [4.78, 5) is 3.70. The molecule has 1 aromatic heterocycles. The van der Waals surface area contributed by atoms with Crippen LogP contribution in [0, 0.1) is 11.6 Å². The maximum atomic E-state index is 13.2. The van der Waals surface area contributed by atoms with Gasteiger partial charge in [-0.3, -0.25) is 4.98 Å². The van der Waals surface area contributed by atoms with Crippen LogP contribution in [0.15, 0.2) is 36.7 Å². The standard InChI is InChI=1S/C13H12F2N2O/c14-11-1-9(5-16)3-13(4-11)18-8-10-2-12(15)7-17-6-10/h1-4,6-7H,5,8,16H2. The van der Waals surface area contributed by atoms with Crippen LogP contribution in [-0.2, 0) is 13.2 Å². The van der Waals surface area contributed by atoms with E-state index in [1.807, 2.05) is 0 Å². The van der Waals surface area contributed by atoms with Crippen molar-refractivity contribution in [2.24, 2.45) is 5.73 Å². The lowest BCUT2D eigenvalue weighted by atomic mass is 10.2. The average Bonchev–Trinajstić information content (AvgIpc) is 2.36. The Morgan fingerprint density at radius 2 is 1.78 bits per heavy atom. The summed E-state index contributed by atoms with van der Waals surface area (Å²) in [6, 6.07) is 5.56. The fraction of sp³-hybridized carbons (Fsp3) is 0.154. The van der Waals surface area contributed by atoms with Gasteiger partial charge in [-0.25, -0.2) is 8.78 Å². The lowest BCUT2D eigenvalue weighted by molar-refractivity contribution is 0.303. The Morgan fingerprint density at radius 1 is 1.00 bits per heavy atom. The van der Waals surface area contributed by atoms with E-state index in [9.17, 15) is 8.78 Å². The molecule has 0 atom stereocenters. The van der Waals surface area contributed by atoms with Crippen LogP contribution in [0.25, 0.3) is 0 Å². The molecule has 0 spiro atoms. The molecule has 0 aliphatic rings. The Kier molecular flexibility index (Phi) is 3.84. The number of pyridine rings is 1. The predicted octanol–water partition coefficient (Wildman–Crippen LogP) is 2.40. The lowest BCUT2D eigenvalue weighted by Gasteiger charge is -2.08. The van der Waals surface area contributed by atoms with E-state index in [0.717, 1.165) is 6.20 Å². The molecule has 94 valence electrons. The molecule has 5 heteroatoms. The Bertz CT molecular complexity index is 546. The Labute approximate surface area is 103 Å². The first-order valence-corrected chi connectivity index (χ1v) is 5.39. The van der Waals surface area contributed by atoms with Gasteiger partial charge in [0.05, 0.1) is 6.20 Å². The molecule has 0 saturated carbocycles. The van der Waals surface area contributed by atoms with E-state index in [2.05, 4.69) is 4.98 Å². The zero-order chi connectivity index (χ0) is 13.0. The molecule has 0 amide bonds. The van der Waals surface area contributed by atoms with Crippen LogP contribution in [0.5, 0.6) is 5.75 Å². The van der Waals surface area contributed by atoms with Crippen LogP contribution in [-0.4, -0.2) is 4.98 Å². The lowest BCUT2D eigenvalue weighted by Crippen LogP contribution is -2.00. The number of halogens is 2. The van der Waals surface area contributed by atoms with Gasteiger partial charge in [0.1, 0.15) is 24.0 Å². The molecule has 2 N–H and O–H groups in total. The van der Waals surface area contributed by atoms with Gasteiger partial charge in [-0.05, 0) is 23.8 Å². The van der Waals surface area contributed by atoms with E-state index in [1.54, 1.807) is 6.07 Å². The molecule has 1 aromatic carbocycles. The number of nitrogens with two attached hydrogens (primary N) is 1. The van der Waals surface area contributed by atoms with Crippen molar-refractivity contribution < 1.29 is 13.5 Å². The number of aromatic nitrogens is 1. The summed E-state index contributed by atoms with van der Waals surface area (Å²) in [5.74, 6) is -0.483. The highest BCUT2D eigenvalue weighted by molar-refractivity contribution is 5.29. The number of hydrogen-bond donors (Lipinski definition) is 1. The minimum absolute atomic E-state index is 0.123. The van der Waals surface area contributed by atoms with Gasteiger partial charge in [0, 0.05) is 24.4 Å². The average molecular weight is 250 g/mol. The van der Waals surface area contributed by atoms with Gasteiger partial charge >= 0.3 is 0 Å². The third-order valence-electron chi connectivity index (χ3n) is 2.33. The Hall–Kier alpha value is -2.01. The van der Waals surface area contributed by atoms with Crippen molar-refractivity contribution in [2.45, 2.75) is 13.2 Å². The van der Waals surface area contributed by atoms with Gasteiger partial charge < -0.3 is 10.5 Å². The van der Waals surface area contributed by atoms with Crippen LogP contribution in [0.3, 0.4) is 0 Å². The molecule has 1 heterocycles. The summed E-state index contributed by atoms with van der Waals surface area (Å²) < 4.78 is 31.4. The molecular weight excluding hydrogens is 238 g/mol. The molecule has 0 aliphatic heterocycles. The number of rotatable bonds is 4. The highest BCUT2D eigenvalue weighted by atomic mass is 19.1. The van der Waals surface area contributed by atoms with Crippen molar-refractivity contribution in [1.82, 2.24) is 4.98 Å². The van der Waals surface area contributed by atoms with Gasteiger partial charge in [0.15, 0.2) is 0 Å². The molecule has 3 nitrogen and oxygen atoms in total. The van der Waals surface area contributed by atoms with E-state index in [4.69, 9.17) is 10.5 Å². The summed E-state index contributed by atoms with van der Waals surface area (Å²) in [5, 5.41) is 0. The van der Waals surface area contributed by atoms with Crippen molar-refractivity contribution in [1.29, 1.82) is 0 Å². The first-order valence-electron chi connectivity index (χ1n) is 5.39. The summed E-state index contributed by atoms with van der Waals surface area (Å²) in [6.07, 6.45) is 2.60. The number of ether oxygens (including phenoxy) is 1. The summed E-state index contributed by atoms with van der Waals surface area (Å²) in [5.41, 5.74) is 6.65.